The molecule has 1 atom stereocenters. The minimum Gasteiger partial charge on any atom is -0.388 e. The fourth-order valence-corrected chi connectivity index (χ4v) is 2.74. The number of hydrogen-bond acceptors (Lipinski definition) is 1. The smallest absolute Gasteiger partial charge is 0.0790 e. The van der Waals surface area contributed by atoms with E-state index in [1.807, 2.05) is 24.3 Å². The summed E-state index contributed by atoms with van der Waals surface area (Å²) in [5.41, 5.74) is 2.24. The van der Waals surface area contributed by atoms with Gasteiger partial charge in [-0.05, 0) is 42.9 Å². The minimum absolute atomic E-state index is 0.372. The van der Waals surface area contributed by atoms with Gasteiger partial charge < -0.3 is 5.11 Å². The number of allylic oxidation sites excluding steroid dienone is 1. The van der Waals surface area contributed by atoms with Gasteiger partial charge in [0.1, 0.15) is 0 Å². The minimum atomic E-state index is -0.372. The van der Waals surface area contributed by atoms with E-state index in [4.69, 9.17) is 11.6 Å². The molecule has 0 radical (unpaired) electrons. The van der Waals surface area contributed by atoms with Crippen LogP contribution in [0.5, 0.6) is 0 Å². The monoisotopic (exact) mass is 264 g/mol. The normalized spacial score (nSPS) is 21.6. The van der Waals surface area contributed by atoms with Crippen LogP contribution in [0.15, 0.2) is 35.9 Å². The fourth-order valence-electron chi connectivity index (χ4n) is 2.52. The van der Waals surface area contributed by atoms with E-state index in [1.54, 1.807) is 0 Å². The van der Waals surface area contributed by atoms with Crippen LogP contribution in [0.3, 0.4) is 0 Å². The average molecular weight is 265 g/mol. The molecular formula is C16H21ClO. The van der Waals surface area contributed by atoms with Crippen LogP contribution in [0.4, 0.5) is 0 Å². The maximum Gasteiger partial charge on any atom is 0.0790 e. The summed E-state index contributed by atoms with van der Waals surface area (Å²) in [5, 5.41) is 11.1. The molecule has 0 heterocycles. The molecule has 0 amide bonds. The van der Waals surface area contributed by atoms with Crippen molar-refractivity contribution >= 4 is 11.6 Å². The van der Waals surface area contributed by atoms with Gasteiger partial charge in [-0.25, -0.2) is 0 Å². The molecule has 1 N–H and O–H groups in total. The van der Waals surface area contributed by atoms with Crippen LogP contribution in [-0.4, -0.2) is 11.2 Å². The molecule has 1 unspecified atom stereocenters. The third-order valence-corrected chi connectivity index (χ3v) is 3.99. The van der Waals surface area contributed by atoms with Crippen molar-refractivity contribution < 1.29 is 5.11 Å². The van der Waals surface area contributed by atoms with E-state index >= 15 is 0 Å². The lowest BCUT2D eigenvalue weighted by Crippen LogP contribution is -2.15. The molecule has 0 saturated heterocycles. The van der Waals surface area contributed by atoms with Crippen molar-refractivity contribution in [2.75, 3.05) is 0 Å². The third-order valence-electron chi connectivity index (χ3n) is 3.63. The van der Waals surface area contributed by atoms with Crippen molar-refractivity contribution in [2.45, 2.75) is 51.0 Å². The maximum absolute atomic E-state index is 10.3. The predicted molar refractivity (Wildman–Crippen MR) is 76.9 cm³/mol. The first-order valence-electron chi connectivity index (χ1n) is 6.88. The van der Waals surface area contributed by atoms with Crippen LogP contribution in [0.2, 0.25) is 5.02 Å². The lowest BCUT2D eigenvalue weighted by Gasteiger charge is -2.18. The summed E-state index contributed by atoms with van der Waals surface area (Å²) in [6, 6.07) is 7.78. The molecular weight excluding hydrogens is 244 g/mol. The molecule has 2 rings (SSSR count). The first kappa shape index (κ1) is 13.6. The Labute approximate surface area is 114 Å². The molecule has 0 aliphatic heterocycles. The second kappa shape index (κ2) is 6.96. The number of halogens is 1. The first-order chi connectivity index (χ1) is 8.77. The van der Waals surface area contributed by atoms with E-state index in [0.717, 1.165) is 23.4 Å². The van der Waals surface area contributed by atoms with Crippen LogP contribution in [0.1, 0.15) is 44.1 Å². The van der Waals surface area contributed by atoms with Crippen molar-refractivity contribution in [3.8, 4) is 0 Å². The summed E-state index contributed by atoms with van der Waals surface area (Å²) in [4.78, 5) is 0. The van der Waals surface area contributed by atoms with Gasteiger partial charge in [0.05, 0.1) is 6.10 Å². The lowest BCUT2D eigenvalue weighted by atomic mass is 9.93. The van der Waals surface area contributed by atoms with Gasteiger partial charge in [0.2, 0.25) is 0 Å². The van der Waals surface area contributed by atoms with E-state index in [2.05, 4.69) is 6.08 Å². The molecule has 2 heteroatoms. The maximum atomic E-state index is 10.3. The molecule has 1 aliphatic carbocycles. The van der Waals surface area contributed by atoms with Crippen molar-refractivity contribution in [3.63, 3.8) is 0 Å². The van der Waals surface area contributed by atoms with Crippen LogP contribution < -0.4 is 0 Å². The summed E-state index contributed by atoms with van der Waals surface area (Å²) >= 11 is 6.14. The Balaban J connectivity index is 2.02. The molecule has 1 aliphatic rings. The zero-order valence-corrected chi connectivity index (χ0v) is 11.5. The van der Waals surface area contributed by atoms with Gasteiger partial charge in [-0.3, -0.25) is 0 Å². The topological polar surface area (TPSA) is 20.2 Å². The van der Waals surface area contributed by atoms with E-state index in [1.165, 1.54) is 31.3 Å². The largest absolute Gasteiger partial charge is 0.388 e. The highest BCUT2D eigenvalue weighted by Gasteiger charge is 2.14. The molecule has 0 aromatic heterocycles. The highest BCUT2D eigenvalue weighted by Crippen LogP contribution is 2.24. The highest BCUT2D eigenvalue weighted by atomic mass is 35.5. The number of benzene rings is 1. The quantitative estimate of drug-likeness (QED) is 0.796. The van der Waals surface area contributed by atoms with E-state index in [-0.39, 0.29) is 6.10 Å². The number of aliphatic hydroxyl groups excluding tert-OH is 1. The van der Waals surface area contributed by atoms with Gasteiger partial charge in [0.15, 0.2) is 0 Å². The zero-order chi connectivity index (χ0) is 12.8. The Morgan fingerprint density at radius 2 is 1.89 bits per heavy atom. The van der Waals surface area contributed by atoms with Crippen molar-refractivity contribution in [1.82, 2.24) is 0 Å². The Morgan fingerprint density at radius 3 is 2.72 bits per heavy atom. The molecule has 1 aromatic rings. The Kier molecular flexibility index (Phi) is 5.27. The van der Waals surface area contributed by atoms with Gasteiger partial charge >= 0.3 is 0 Å². The molecule has 0 saturated carbocycles. The number of hydrogen-bond donors (Lipinski definition) is 1. The summed E-state index contributed by atoms with van der Waals surface area (Å²) in [7, 11) is 0. The van der Waals surface area contributed by atoms with Gasteiger partial charge in [-0.2, -0.15) is 0 Å². The van der Waals surface area contributed by atoms with Crippen molar-refractivity contribution in [2.24, 2.45) is 0 Å². The Hall–Kier alpha value is -0.790. The number of rotatable bonds is 3. The highest BCUT2D eigenvalue weighted by molar-refractivity contribution is 6.31. The molecule has 1 aromatic carbocycles. The van der Waals surface area contributed by atoms with Crippen LogP contribution in [-0.2, 0) is 6.42 Å². The Bertz CT molecular complexity index is 411. The van der Waals surface area contributed by atoms with Gasteiger partial charge in [0.25, 0.3) is 0 Å². The predicted octanol–water partition coefficient (Wildman–Crippen LogP) is 4.52. The molecule has 1 nitrogen and oxygen atoms in total. The average Bonchev–Trinajstić information content (AvgIpc) is 2.31. The summed E-state index contributed by atoms with van der Waals surface area (Å²) in [6.07, 6.45) is 9.70. The molecule has 0 fully saturated rings. The van der Waals surface area contributed by atoms with E-state index in [9.17, 15) is 5.11 Å². The molecule has 0 spiro atoms. The summed E-state index contributed by atoms with van der Waals surface area (Å²) in [5.74, 6) is 0. The standard InChI is InChI=1S/C16H21ClO/c17-15-11-7-6-10-14(15)12-16(18)13-8-4-2-1-3-5-9-13/h6-8,10-11,16,18H,1-5,9,12H2/b13-8+. The van der Waals surface area contributed by atoms with Crippen LogP contribution >= 0.6 is 11.6 Å². The van der Waals surface area contributed by atoms with E-state index < -0.39 is 0 Å². The Morgan fingerprint density at radius 1 is 1.11 bits per heavy atom. The second-order valence-electron chi connectivity index (χ2n) is 5.04. The summed E-state index contributed by atoms with van der Waals surface area (Å²) in [6.45, 7) is 0. The first-order valence-corrected chi connectivity index (χ1v) is 7.25. The van der Waals surface area contributed by atoms with Crippen LogP contribution in [0, 0.1) is 0 Å². The van der Waals surface area contributed by atoms with Gasteiger partial charge in [0, 0.05) is 11.4 Å². The fraction of sp³-hybridized carbons (Fsp3) is 0.500. The SMILES string of the molecule is OC(Cc1ccccc1Cl)/C1=C/CCCCCC1. The molecule has 0 bridgehead atoms. The zero-order valence-electron chi connectivity index (χ0n) is 10.7. The molecule has 98 valence electrons. The van der Waals surface area contributed by atoms with Gasteiger partial charge in [-0.1, -0.05) is 48.7 Å². The van der Waals surface area contributed by atoms with E-state index in [0.29, 0.717) is 6.42 Å². The second-order valence-corrected chi connectivity index (χ2v) is 5.45. The van der Waals surface area contributed by atoms with Crippen molar-refractivity contribution in [1.29, 1.82) is 0 Å². The third kappa shape index (κ3) is 3.86. The lowest BCUT2D eigenvalue weighted by molar-refractivity contribution is 0.205. The van der Waals surface area contributed by atoms with Crippen LogP contribution in [0.25, 0.3) is 0 Å². The molecule has 18 heavy (non-hydrogen) atoms. The van der Waals surface area contributed by atoms with Gasteiger partial charge in [-0.15, -0.1) is 0 Å². The summed E-state index contributed by atoms with van der Waals surface area (Å²) < 4.78 is 0. The number of aliphatic hydroxyl groups is 1. The van der Waals surface area contributed by atoms with Crippen molar-refractivity contribution in [3.05, 3.63) is 46.5 Å².